The maximum Gasteiger partial charge on any atom is 0.139 e. The molecule has 1 atom stereocenters. The molecule has 0 saturated carbocycles. The van der Waals surface area contributed by atoms with Gasteiger partial charge in [0.05, 0.1) is 11.0 Å². The van der Waals surface area contributed by atoms with Crippen LogP contribution in [0.5, 0.6) is 0 Å². The smallest absolute Gasteiger partial charge is 0.139 e. The molecule has 0 bridgehead atoms. The Balaban J connectivity index is 1.83. The molecule has 3 heteroatoms. The molecule has 112 valence electrons. The fourth-order valence-electron chi connectivity index (χ4n) is 3.25. The van der Waals surface area contributed by atoms with Crippen molar-refractivity contribution in [3.63, 3.8) is 0 Å². The summed E-state index contributed by atoms with van der Waals surface area (Å²) in [6, 6.07) is 16.9. The molecular weight excluding hydrogens is 272 g/mol. The summed E-state index contributed by atoms with van der Waals surface area (Å²) in [5.41, 5.74) is 4.90. The molecule has 0 amide bonds. The molecule has 1 aliphatic heterocycles. The Morgan fingerprint density at radius 3 is 2.77 bits per heavy atom. The van der Waals surface area contributed by atoms with Crippen molar-refractivity contribution in [1.82, 2.24) is 9.55 Å². The van der Waals surface area contributed by atoms with Gasteiger partial charge in [0.1, 0.15) is 11.9 Å². The predicted octanol–water partition coefficient (Wildman–Crippen LogP) is 4.24. The van der Waals surface area contributed by atoms with Gasteiger partial charge in [0.15, 0.2) is 0 Å². The molecule has 1 aromatic heterocycles. The first-order valence-electron chi connectivity index (χ1n) is 7.94. The van der Waals surface area contributed by atoms with E-state index in [1.807, 2.05) is 6.07 Å². The molecular formula is C19H20N2O. The number of aromatic nitrogens is 2. The zero-order valence-electron chi connectivity index (χ0n) is 12.8. The molecule has 0 spiro atoms. The first-order valence-corrected chi connectivity index (χ1v) is 7.94. The zero-order chi connectivity index (χ0) is 14.9. The van der Waals surface area contributed by atoms with Crippen molar-refractivity contribution >= 4 is 11.0 Å². The molecule has 0 N–H and O–H groups in total. The molecule has 1 saturated heterocycles. The van der Waals surface area contributed by atoms with Gasteiger partial charge >= 0.3 is 0 Å². The summed E-state index contributed by atoms with van der Waals surface area (Å²) in [6.07, 6.45) is 2.33. The summed E-state index contributed by atoms with van der Waals surface area (Å²) in [7, 11) is 0. The minimum Gasteiger partial charge on any atom is -0.370 e. The van der Waals surface area contributed by atoms with Crippen LogP contribution in [-0.4, -0.2) is 16.2 Å². The lowest BCUT2D eigenvalue weighted by Crippen LogP contribution is -2.10. The molecule has 1 aliphatic rings. The third kappa shape index (κ3) is 2.32. The number of hydrogen-bond acceptors (Lipinski definition) is 2. The first kappa shape index (κ1) is 13.5. The molecule has 1 fully saturated rings. The Labute approximate surface area is 130 Å². The van der Waals surface area contributed by atoms with Crippen LogP contribution >= 0.6 is 0 Å². The van der Waals surface area contributed by atoms with Gasteiger partial charge in [-0.1, -0.05) is 36.4 Å². The van der Waals surface area contributed by atoms with Crippen LogP contribution in [0.15, 0.2) is 48.5 Å². The summed E-state index contributed by atoms with van der Waals surface area (Å²) in [5.74, 6) is 1.07. The van der Waals surface area contributed by atoms with Gasteiger partial charge in [-0.05, 0) is 43.0 Å². The molecule has 2 heterocycles. The van der Waals surface area contributed by atoms with E-state index in [0.29, 0.717) is 0 Å². The van der Waals surface area contributed by atoms with Gasteiger partial charge in [0.2, 0.25) is 0 Å². The van der Waals surface area contributed by atoms with Crippen molar-refractivity contribution in [3.05, 3.63) is 65.5 Å². The molecule has 4 rings (SSSR count). The number of benzene rings is 2. The van der Waals surface area contributed by atoms with Crippen molar-refractivity contribution in [2.24, 2.45) is 0 Å². The monoisotopic (exact) mass is 292 g/mol. The second-order valence-corrected chi connectivity index (χ2v) is 5.97. The van der Waals surface area contributed by atoms with Gasteiger partial charge in [-0.25, -0.2) is 4.98 Å². The summed E-state index contributed by atoms with van der Waals surface area (Å²) >= 11 is 0. The quantitative estimate of drug-likeness (QED) is 0.722. The van der Waals surface area contributed by atoms with Crippen LogP contribution < -0.4 is 0 Å². The van der Waals surface area contributed by atoms with Crippen LogP contribution in [0.3, 0.4) is 0 Å². The number of hydrogen-bond donors (Lipinski definition) is 0. The highest BCUT2D eigenvalue weighted by Gasteiger charge is 2.24. The van der Waals surface area contributed by atoms with E-state index in [2.05, 4.69) is 54.0 Å². The van der Waals surface area contributed by atoms with Crippen molar-refractivity contribution in [2.45, 2.75) is 32.4 Å². The van der Waals surface area contributed by atoms with Crippen LogP contribution in [-0.2, 0) is 11.3 Å². The number of imidazole rings is 1. The van der Waals surface area contributed by atoms with E-state index in [9.17, 15) is 0 Å². The normalized spacial score (nSPS) is 18.1. The van der Waals surface area contributed by atoms with Gasteiger partial charge in [0, 0.05) is 13.2 Å². The van der Waals surface area contributed by atoms with Crippen LogP contribution in [0.25, 0.3) is 11.0 Å². The van der Waals surface area contributed by atoms with Crippen LogP contribution in [0.2, 0.25) is 0 Å². The minimum absolute atomic E-state index is 0.136. The minimum atomic E-state index is 0.136. The number of para-hydroxylation sites is 2. The van der Waals surface area contributed by atoms with Crippen molar-refractivity contribution < 1.29 is 4.74 Å². The Morgan fingerprint density at radius 1 is 1.14 bits per heavy atom. The zero-order valence-corrected chi connectivity index (χ0v) is 12.8. The van der Waals surface area contributed by atoms with Gasteiger partial charge in [0.25, 0.3) is 0 Å². The maximum absolute atomic E-state index is 5.89. The van der Waals surface area contributed by atoms with E-state index < -0.39 is 0 Å². The highest BCUT2D eigenvalue weighted by molar-refractivity contribution is 5.76. The largest absolute Gasteiger partial charge is 0.370 e. The standard InChI is InChI=1S/C19H20N2O/c1-14-7-2-3-8-15(14)13-21-17-10-5-4-9-16(17)20-19(21)18-11-6-12-22-18/h2-5,7-10,18H,6,11-13H2,1H3. The van der Waals surface area contributed by atoms with Crippen LogP contribution in [0.4, 0.5) is 0 Å². The average Bonchev–Trinajstić information content (AvgIpc) is 3.17. The topological polar surface area (TPSA) is 27.1 Å². The highest BCUT2D eigenvalue weighted by atomic mass is 16.5. The van der Waals surface area contributed by atoms with Crippen molar-refractivity contribution in [1.29, 1.82) is 0 Å². The average molecular weight is 292 g/mol. The summed E-state index contributed by atoms with van der Waals surface area (Å²) in [4.78, 5) is 4.86. The fraction of sp³-hybridized carbons (Fsp3) is 0.316. The van der Waals surface area contributed by atoms with E-state index in [-0.39, 0.29) is 6.10 Å². The van der Waals surface area contributed by atoms with Gasteiger partial charge in [-0.3, -0.25) is 0 Å². The predicted molar refractivity (Wildman–Crippen MR) is 87.9 cm³/mol. The summed E-state index contributed by atoms with van der Waals surface area (Å²) in [5, 5.41) is 0. The Morgan fingerprint density at radius 2 is 1.95 bits per heavy atom. The van der Waals surface area contributed by atoms with Crippen LogP contribution in [0, 0.1) is 6.92 Å². The first-order chi connectivity index (χ1) is 10.8. The molecule has 22 heavy (non-hydrogen) atoms. The Kier molecular flexibility index (Phi) is 3.43. The summed E-state index contributed by atoms with van der Waals surface area (Å²) in [6.45, 7) is 3.86. The summed E-state index contributed by atoms with van der Waals surface area (Å²) < 4.78 is 8.22. The molecule has 2 aromatic carbocycles. The molecule has 0 radical (unpaired) electrons. The third-order valence-corrected chi connectivity index (χ3v) is 4.49. The van der Waals surface area contributed by atoms with Crippen molar-refractivity contribution in [3.8, 4) is 0 Å². The lowest BCUT2D eigenvalue weighted by atomic mass is 10.1. The number of aryl methyl sites for hydroxylation is 1. The molecule has 3 aromatic rings. The van der Waals surface area contributed by atoms with Gasteiger partial charge in [-0.2, -0.15) is 0 Å². The highest BCUT2D eigenvalue weighted by Crippen LogP contribution is 2.31. The van der Waals surface area contributed by atoms with E-state index in [4.69, 9.17) is 9.72 Å². The fourth-order valence-corrected chi connectivity index (χ4v) is 3.25. The SMILES string of the molecule is Cc1ccccc1Cn1c(C2CCCO2)nc2ccccc21. The van der Waals surface area contributed by atoms with E-state index >= 15 is 0 Å². The van der Waals surface area contributed by atoms with E-state index in [1.165, 1.54) is 16.6 Å². The second kappa shape index (κ2) is 5.58. The Bertz CT molecular complexity index is 800. The second-order valence-electron chi connectivity index (χ2n) is 5.97. The number of fused-ring (bicyclic) bond motifs is 1. The van der Waals surface area contributed by atoms with Gasteiger partial charge < -0.3 is 9.30 Å². The number of ether oxygens (including phenoxy) is 1. The lowest BCUT2D eigenvalue weighted by Gasteiger charge is -2.15. The maximum atomic E-state index is 5.89. The third-order valence-electron chi connectivity index (χ3n) is 4.49. The van der Waals surface area contributed by atoms with E-state index in [0.717, 1.165) is 37.3 Å². The molecule has 0 aliphatic carbocycles. The Hall–Kier alpha value is -2.13. The molecule has 1 unspecified atom stereocenters. The van der Waals surface area contributed by atoms with Crippen LogP contribution in [0.1, 0.15) is 35.9 Å². The number of nitrogens with zero attached hydrogens (tertiary/aromatic N) is 2. The number of rotatable bonds is 3. The van der Waals surface area contributed by atoms with E-state index in [1.54, 1.807) is 0 Å². The van der Waals surface area contributed by atoms with Crippen molar-refractivity contribution in [2.75, 3.05) is 6.61 Å². The van der Waals surface area contributed by atoms with Gasteiger partial charge in [-0.15, -0.1) is 0 Å². The molecule has 3 nitrogen and oxygen atoms in total. The lowest BCUT2D eigenvalue weighted by molar-refractivity contribution is 0.103.